The number of aryl methyl sites for hydroxylation is 2. The minimum absolute atomic E-state index is 0.164. The molecule has 1 aromatic carbocycles. The lowest BCUT2D eigenvalue weighted by Gasteiger charge is -2.21. The Kier molecular flexibility index (Phi) is 5.32. The van der Waals surface area contributed by atoms with E-state index in [1.54, 1.807) is 0 Å². The number of rotatable bonds is 5. The molecule has 3 aromatic rings. The molecule has 0 unspecified atom stereocenters. The fraction of sp³-hybridized carbons (Fsp3) is 0.300. The van der Waals surface area contributed by atoms with Gasteiger partial charge in [-0.15, -0.1) is 0 Å². The number of hydrogen-bond donors (Lipinski definition) is 1. The molecule has 2 aromatic heterocycles. The van der Waals surface area contributed by atoms with E-state index in [0.29, 0.717) is 11.4 Å². The Balaban J connectivity index is 1.89. The Morgan fingerprint density at radius 2 is 1.85 bits per heavy atom. The summed E-state index contributed by atoms with van der Waals surface area (Å²) in [7, 11) is 0. The van der Waals surface area contributed by atoms with E-state index in [1.165, 1.54) is 0 Å². The molecule has 6 heteroatoms. The van der Waals surface area contributed by atoms with Gasteiger partial charge in [0, 0.05) is 35.1 Å². The van der Waals surface area contributed by atoms with Gasteiger partial charge in [0.25, 0.3) is 5.91 Å². The van der Waals surface area contributed by atoms with Gasteiger partial charge in [-0.25, -0.2) is 4.98 Å². The highest BCUT2D eigenvalue weighted by molar-refractivity contribution is 9.10. The van der Waals surface area contributed by atoms with Crippen molar-refractivity contribution in [3.63, 3.8) is 0 Å². The molecule has 0 aliphatic carbocycles. The molecule has 0 fully saturated rings. The van der Waals surface area contributed by atoms with Gasteiger partial charge in [0.15, 0.2) is 0 Å². The largest absolute Gasteiger partial charge is 0.372 e. The Morgan fingerprint density at radius 1 is 1.19 bits per heavy atom. The number of carbonyl (C=O) groups excluding carboxylic acids is 1. The number of anilines is 2. The second-order valence-corrected chi connectivity index (χ2v) is 7.17. The highest BCUT2D eigenvalue weighted by Crippen LogP contribution is 2.22. The lowest BCUT2D eigenvalue weighted by Crippen LogP contribution is -2.21. The lowest BCUT2D eigenvalue weighted by atomic mass is 10.2. The monoisotopic (exact) mass is 414 g/mol. The fourth-order valence-corrected chi connectivity index (χ4v) is 3.74. The van der Waals surface area contributed by atoms with Crippen molar-refractivity contribution in [2.75, 3.05) is 23.3 Å². The molecular weight excluding hydrogens is 392 g/mol. The van der Waals surface area contributed by atoms with Gasteiger partial charge in [-0.1, -0.05) is 0 Å². The van der Waals surface area contributed by atoms with E-state index in [4.69, 9.17) is 0 Å². The molecule has 0 radical (unpaired) electrons. The maximum atomic E-state index is 12.9. The van der Waals surface area contributed by atoms with Crippen LogP contribution in [0.15, 0.2) is 41.0 Å². The number of pyridine rings is 1. The molecule has 1 N–H and O–H groups in total. The van der Waals surface area contributed by atoms with E-state index in [1.807, 2.05) is 54.8 Å². The molecule has 5 nitrogen and oxygen atoms in total. The second-order valence-electron chi connectivity index (χ2n) is 6.25. The maximum absolute atomic E-state index is 12.9. The van der Waals surface area contributed by atoms with E-state index in [-0.39, 0.29) is 5.91 Å². The first-order valence-corrected chi connectivity index (χ1v) is 9.55. The minimum atomic E-state index is -0.164. The molecule has 3 rings (SSSR count). The zero-order valence-electron chi connectivity index (χ0n) is 15.5. The number of carbonyl (C=O) groups is 1. The normalized spacial score (nSPS) is 11.0. The fourth-order valence-electron chi connectivity index (χ4n) is 3.19. The zero-order chi connectivity index (χ0) is 18.8. The number of hydrogen-bond acceptors (Lipinski definition) is 3. The number of fused-ring (bicyclic) bond motifs is 1. The summed E-state index contributed by atoms with van der Waals surface area (Å²) < 4.78 is 2.76. The highest BCUT2D eigenvalue weighted by Gasteiger charge is 2.18. The summed E-state index contributed by atoms with van der Waals surface area (Å²) in [6, 6.07) is 9.93. The van der Waals surface area contributed by atoms with Gasteiger partial charge in [0.1, 0.15) is 11.3 Å². The zero-order valence-corrected chi connectivity index (χ0v) is 17.1. The van der Waals surface area contributed by atoms with Crippen LogP contribution in [0.5, 0.6) is 0 Å². The van der Waals surface area contributed by atoms with Crippen LogP contribution in [0.4, 0.5) is 11.4 Å². The predicted octanol–water partition coefficient (Wildman–Crippen LogP) is 4.81. The van der Waals surface area contributed by atoms with Crippen molar-refractivity contribution in [2.24, 2.45) is 0 Å². The van der Waals surface area contributed by atoms with Crippen molar-refractivity contribution < 1.29 is 4.79 Å². The molecule has 0 atom stereocenters. The number of halogens is 1. The molecule has 0 aliphatic heterocycles. The number of aromatic nitrogens is 2. The first-order valence-electron chi connectivity index (χ1n) is 8.75. The summed E-state index contributed by atoms with van der Waals surface area (Å²) in [6.45, 7) is 10.0. The maximum Gasteiger partial charge on any atom is 0.274 e. The van der Waals surface area contributed by atoms with Crippen molar-refractivity contribution in [1.29, 1.82) is 0 Å². The van der Waals surface area contributed by atoms with E-state index in [2.05, 4.69) is 45.0 Å². The van der Waals surface area contributed by atoms with Crippen LogP contribution >= 0.6 is 15.9 Å². The summed E-state index contributed by atoms with van der Waals surface area (Å²) in [5.41, 5.74) is 5.00. The SMILES string of the molecule is CCN(CC)c1ccc(NC(=O)c2c(C)nc3c(C)cc(Br)cn23)cc1. The average molecular weight is 415 g/mol. The van der Waals surface area contributed by atoms with Gasteiger partial charge in [-0.2, -0.15) is 0 Å². The third kappa shape index (κ3) is 3.46. The Hall–Kier alpha value is -2.34. The molecule has 0 saturated carbocycles. The highest BCUT2D eigenvalue weighted by atomic mass is 79.9. The van der Waals surface area contributed by atoms with Crippen molar-refractivity contribution in [1.82, 2.24) is 9.38 Å². The minimum Gasteiger partial charge on any atom is -0.372 e. The molecule has 0 aliphatic rings. The number of benzene rings is 1. The van der Waals surface area contributed by atoms with Crippen molar-refractivity contribution >= 4 is 38.9 Å². The Morgan fingerprint density at radius 3 is 2.46 bits per heavy atom. The predicted molar refractivity (Wildman–Crippen MR) is 110 cm³/mol. The smallest absolute Gasteiger partial charge is 0.274 e. The molecule has 0 saturated heterocycles. The van der Waals surface area contributed by atoms with Crippen LogP contribution in [-0.2, 0) is 0 Å². The molecular formula is C20H23BrN4O. The molecule has 0 spiro atoms. The number of nitrogens with one attached hydrogen (secondary N) is 1. The van der Waals surface area contributed by atoms with Gasteiger partial charge in [-0.3, -0.25) is 9.20 Å². The summed E-state index contributed by atoms with van der Waals surface area (Å²) >= 11 is 3.49. The number of amides is 1. The van der Waals surface area contributed by atoms with Crippen LogP contribution in [-0.4, -0.2) is 28.4 Å². The van der Waals surface area contributed by atoms with Crippen LogP contribution in [0.1, 0.15) is 35.6 Å². The van der Waals surface area contributed by atoms with E-state index < -0.39 is 0 Å². The lowest BCUT2D eigenvalue weighted by molar-refractivity contribution is 0.102. The van der Waals surface area contributed by atoms with E-state index in [9.17, 15) is 4.79 Å². The summed E-state index contributed by atoms with van der Waals surface area (Å²) in [4.78, 5) is 19.7. The van der Waals surface area contributed by atoms with Crippen molar-refractivity contribution in [2.45, 2.75) is 27.7 Å². The summed E-state index contributed by atoms with van der Waals surface area (Å²) in [6.07, 6.45) is 1.88. The quantitative estimate of drug-likeness (QED) is 0.651. The van der Waals surface area contributed by atoms with Crippen LogP contribution < -0.4 is 10.2 Å². The summed E-state index contributed by atoms with van der Waals surface area (Å²) in [5.74, 6) is -0.164. The topological polar surface area (TPSA) is 49.6 Å². The Labute approximate surface area is 162 Å². The third-order valence-corrected chi connectivity index (χ3v) is 4.95. The molecule has 136 valence electrons. The Bertz CT molecular complexity index is 943. The van der Waals surface area contributed by atoms with Crippen molar-refractivity contribution in [3.05, 3.63) is 58.0 Å². The van der Waals surface area contributed by atoms with E-state index in [0.717, 1.165) is 40.1 Å². The van der Waals surface area contributed by atoms with Gasteiger partial charge < -0.3 is 10.2 Å². The van der Waals surface area contributed by atoms with Crippen LogP contribution in [0.25, 0.3) is 5.65 Å². The second kappa shape index (κ2) is 7.50. The number of nitrogens with zero attached hydrogens (tertiary/aromatic N) is 3. The third-order valence-electron chi connectivity index (χ3n) is 4.51. The first kappa shape index (κ1) is 18.5. The van der Waals surface area contributed by atoms with Gasteiger partial charge in [0.2, 0.25) is 0 Å². The molecule has 1 amide bonds. The average Bonchev–Trinajstić information content (AvgIpc) is 2.94. The number of imidazole rings is 1. The molecule has 26 heavy (non-hydrogen) atoms. The van der Waals surface area contributed by atoms with Gasteiger partial charge >= 0.3 is 0 Å². The molecule has 0 bridgehead atoms. The standard InChI is InChI=1S/C20H23BrN4O/c1-5-24(6-2)17-9-7-16(8-10-17)23-20(26)18-14(4)22-19-13(3)11-15(21)12-25(18)19/h7-12H,5-6H2,1-4H3,(H,23,26). The first-order chi connectivity index (χ1) is 12.4. The summed E-state index contributed by atoms with van der Waals surface area (Å²) in [5, 5.41) is 2.98. The van der Waals surface area contributed by atoms with Gasteiger partial charge in [0.05, 0.1) is 5.69 Å². The van der Waals surface area contributed by atoms with Crippen molar-refractivity contribution in [3.8, 4) is 0 Å². The van der Waals surface area contributed by atoms with E-state index >= 15 is 0 Å². The van der Waals surface area contributed by atoms with Gasteiger partial charge in [-0.05, 0) is 79.5 Å². The van der Waals surface area contributed by atoms with Crippen LogP contribution in [0, 0.1) is 13.8 Å². The van der Waals surface area contributed by atoms with Crippen LogP contribution in [0.3, 0.4) is 0 Å². The molecule has 2 heterocycles. The van der Waals surface area contributed by atoms with Crippen LogP contribution in [0.2, 0.25) is 0 Å².